The third-order valence-electron chi connectivity index (χ3n) is 5.75. The Hall–Kier alpha value is -2.28. The van der Waals surface area contributed by atoms with Crippen LogP contribution in [0.5, 0.6) is 0 Å². The smallest absolute Gasteiger partial charge is 0.331 e. The predicted octanol–water partition coefficient (Wildman–Crippen LogP) is 4.53. The van der Waals surface area contributed by atoms with Gasteiger partial charge in [-0.1, -0.05) is 43.2 Å². The summed E-state index contributed by atoms with van der Waals surface area (Å²) >= 11 is 1.78. The van der Waals surface area contributed by atoms with Crippen molar-refractivity contribution in [3.8, 4) is 11.1 Å². The lowest BCUT2D eigenvalue weighted by Gasteiger charge is -2.22. The van der Waals surface area contributed by atoms with Crippen LogP contribution in [0, 0.1) is 13.8 Å². The molecule has 3 heterocycles. The first kappa shape index (κ1) is 20.0. The molecule has 5 nitrogen and oxygen atoms in total. The number of nitrogens with zero attached hydrogens (tertiary/aromatic N) is 1. The third kappa shape index (κ3) is 3.56. The Kier molecular flexibility index (Phi) is 5.67. The van der Waals surface area contributed by atoms with Crippen molar-refractivity contribution in [2.45, 2.75) is 52.5 Å². The van der Waals surface area contributed by atoms with E-state index >= 15 is 0 Å². The monoisotopic (exact) mass is 409 g/mol. The van der Waals surface area contributed by atoms with Crippen LogP contribution in [-0.2, 0) is 22.6 Å². The number of fused-ring (bicyclic) bond motifs is 3. The molecule has 0 saturated heterocycles. The first-order valence-electron chi connectivity index (χ1n) is 10.2. The van der Waals surface area contributed by atoms with Crippen molar-refractivity contribution in [1.29, 1.82) is 0 Å². The summed E-state index contributed by atoms with van der Waals surface area (Å²) in [5, 5.41) is 4.67. The van der Waals surface area contributed by atoms with Crippen LogP contribution in [-0.4, -0.2) is 17.5 Å². The molecule has 3 aromatic rings. The first-order chi connectivity index (χ1) is 14.0. The fraction of sp³-hybridized carbons (Fsp3) is 0.391. The normalized spacial score (nSPS) is 14.6. The highest BCUT2D eigenvalue weighted by atomic mass is 32.1. The van der Waals surface area contributed by atoms with E-state index in [-0.39, 0.29) is 0 Å². The molecular weight excluding hydrogens is 382 g/mol. The van der Waals surface area contributed by atoms with Crippen molar-refractivity contribution >= 4 is 27.5 Å². The zero-order valence-corrected chi connectivity index (χ0v) is 18.0. The molecule has 0 amide bonds. The highest BCUT2D eigenvalue weighted by molar-refractivity contribution is 7.19. The second kappa shape index (κ2) is 8.22. The summed E-state index contributed by atoms with van der Waals surface area (Å²) in [7, 11) is 0. The molecule has 6 heteroatoms. The molecule has 0 bridgehead atoms. The number of carbonyl (C=O) groups excluding carboxylic acids is 1. The fourth-order valence-electron chi connectivity index (χ4n) is 4.36. The van der Waals surface area contributed by atoms with E-state index in [1.54, 1.807) is 11.3 Å². The molecule has 1 atom stereocenters. The maximum atomic E-state index is 12.7. The highest BCUT2D eigenvalue weighted by Gasteiger charge is 2.30. The Morgan fingerprint density at radius 1 is 1.31 bits per heavy atom. The first-order valence-corrected chi connectivity index (χ1v) is 11.0. The largest absolute Gasteiger partial charge is 0.373 e. The summed E-state index contributed by atoms with van der Waals surface area (Å²) in [5.74, 6) is 4.50. The number of rotatable bonds is 5. The van der Waals surface area contributed by atoms with Gasteiger partial charge in [0.1, 0.15) is 4.83 Å². The van der Waals surface area contributed by atoms with Gasteiger partial charge in [-0.25, -0.2) is 9.78 Å². The molecule has 0 radical (unpaired) electrons. The minimum atomic E-state index is -0.426. The fourth-order valence-corrected chi connectivity index (χ4v) is 5.61. The van der Waals surface area contributed by atoms with Crippen molar-refractivity contribution in [2.24, 2.45) is 5.90 Å². The van der Waals surface area contributed by atoms with E-state index < -0.39 is 11.9 Å². The predicted molar refractivity (Wildman–Crippen MR) is 118 cm³/mol. The van der Waals surface area contributed by atoms with Crippen molar-refractivity contribution in [3.63, 3.8) is 0 Å². The molecule has 2 aromatic heterocycles. The van der Waals surface area contributed by atoms with Crippen LogP contribution >= 0.6 is 11.3 Å². The minimum Gasteiger partial charge on any atom is -0.373 e. The van der Waals surface area contributed by atoms with Crippen molar-refractivity contribution in [2.75, 3.05) is 6.54 Å². The van der Waals surface area contributed by atoms with Gasteiger partial charge in [0.15, 0.2) is 0 Å². The molecule has 0 aliphatic carbocycles. The van der Waals surface area contributed by atoms with Gasteiger partial charge in [0.05, 0.1) is 5.92 Å². The summed E-state index contributed by atoms with van der Waals surface area (Å²) in [6.45, 7) is 7.97. The second-order valence-electron chi connectivity index (χ2n) is 7.74. The number of aryl methyl sites for hydroxylation is 2. The van der Waals surface area contributed by atoms with Crippen LogP contribution < -0.4 is 11.2 Å². The average molecular weight is 410 g/mol. The second-order valence-corrected chi connectivity index (χ2v) is 8.82. The van der Waals surface area contributed by atoms with E-state index in [2.05, 4.69) is 43.4 Å². The Labute approximate surface area is 175 Å². The molecule has 1 aromatic carbocycles. The Morgan fingerprint density at radius 2 is 2.07 bits per heavy atom. The van der Waals surface area contributed by atoms with E-state index in [9.17, 15) is 4.79 Å². The summed E-state index contributed by atoms with van der Waals surface area (Å²) in [4.78, 5) is 24.8. The number of thiophene rings is 1. The molecule has 0 saturated carbocycles. The molecule has 29 heavy (non-hydrogen) atoms. The molecule has 0 spiro atoms. The number of nitrogens with one attached hydrogen (secondary N) is 1. The van der Waals surface area contributed by atoms with Crippen LogP contribution in [0.1, 0.15) is 52.9 Å². The Morgan fingerprint density at radius 3 is 2.76 bits per heavy atom. The number of aromatic nitrogens is 1. The van der Waals surface area contributed by atoms with Crippen LogP contribution in [0.25, 0.3) is 21.3 Å². The number of nitrogens with two attached hydrogens (primary N) is 1. The molecular formula is C23H27N3O2S. The van der Waals surface area contributed by atoms with Crippen LogP contribution in [0.4, 0.5) is 0 Å². The molecule has 1 aliphatic rings. The standard InChI is InChI=1S/C23H27N3O2S/c1-4-5-16(23(27)28-24)19-14(3)26-22-21(17-12-25-11-10-18(17)29-22)20(19)15-8-6-13(2)7-9-15/h6-9,16,25H,4-5,10-12,24H2,1-3H3. The molecule has 1 aliphatic heterocycles. The van der Waals surface area contributed by atoms with Crippen LogP contribution in [0.2, 0.25) is 0 Å². The number of hydrogen-bond acceptors (Lipinski definition) is 6. The van der Waals surface area contributed by atoms with E-state index in [0.717, 1.165) is 53.1 Å². The van der Waals surface area contributed by atoms with E-state index in [4.69, 9.17) is 15.7 Å². The lowest BCUT2D eigenvalue weighted by atomic mass is 9.84. The van der Waals surface area contributed by atoms with Crippen molar-refractivity contribution in [3.05, 3.63) is 51.5 Å². The molecule has 0 fully saturated rings. The maximum absolute atomic E-state index is 12.7. The quantitative estimate of drug-likeness (QED) is 0.606. The SMILES string of the molecule is CCCC(C(=O)ON)c1c(C)nc2sc3c(c2c1-c1ccc(C)cc1)CNCC3. The topological polar surface area (TPSA) is 77.2 Å². The van der Waals surface area contributed by atoms with Gasteiger partial charge >= 0.3 is 5.97 Å². The molecule has 4 rings (SSSR count). The highest BCUT2D eigenvalue weighted by Crippen LogP contribution is 2.44. The molecule has 3 N–H and O–H groups in total. The summed E-state index contributed by atoms with van der Waals surface area (Å²) in [5.41, 5.74) is 6.57. The lowest BCUT2D eigenvalue weighted by Crippen LogP contribution is -2.23. The Bertz CT molecular complexity index is 1060. The average Bonchev–Trinajstić information content (AvgIpc) is 3.09. The molecule has 152 valence electrons. The van der Waals surface area contributed by atoms with E-state index in [1.165, 1.54) is 21.4 Å². The zero-order chi connectivity index (χ0) is 20.5. The van der Waals surface area contributed by atoms with Gasteiger partial charge in [-0.3, -0.25) is 0 Å². The summed E-state index contributed by atoms with van der Waals surface area (Å²) < 4.78 is 0. The Balaban J connectivity index is 2.08. The van der Waals surface area contributed by atoms with Crippen LogP contribution in [0.15, 0.2) is 24.3 Å². The number of pyridine rings is 1. The number of hydrogen-bond donors (Lipinski definition) is 2. The number of carbonyl (C=O) groups is 1. The minimum absolute atomic E-state index is 0.397. The van der Waals surface area contributed by atoms with Gasteiger partial charge in [0.2, 0.25) is 0 Å². The molecule has 1 unspecified atom stereocenters. The third-order valence-corrected chi connectivity index (χ3v) is 6.93. The van der Waals surface area contributed by atoms with Gasteiger partial charge in [0.25, 0.3) is 0 Å². The summed E-state index contributed by atoms with van der Waals surface area (Å²) in [6, 6.07) is 8.52. The van der Waals surface area contributed by atoms with Gasteiger partial charge in [0, 0.05) is 29.0 Å². The van der Waals surface area contributed by atoms with Gasteiger partial charge < -0.3 is 10.2 Å². The van der Waals surface area contributed by atoms with Crippen molar-refractivity contribution < 1.29 is 9.63 Å². The van der Waals surface area contributed by atoms with Crippen LogP contribution in [0.3, 0.4) is 0 Å². The van der Waals surface area contributed by atoms with Gasteiger partial charge in [-0.05, 0) is 48.9 Å². The van der Waals surface area contributed by atoms with E-state index in [0.29, 0.717) is 6.42 Å². The van der Waals surface area contributed by atoms with Gasteiger partial charge in [-0.15, -0.1) is 11.3 Å². The lowest BCUT2D eigenvalue weighted by molar-refractivity contribution is -0.146. The van der Waals surface area contributed by atoms with Crippen molar-refractivity contribution in [1.82, 2.24) is 10.3 Å². The van der Waals surface area contributed by atoms with E-state index in [1.807, 2.05) is 6.92 Å². The van der Waals surface area contributed by atoms with Gasteiger partial charge in [-0.2, -0.15) is 5.90 Å². The maximum Gasteiger partial charge on any atom is 0.331 e. The number of benzene rings is 1. The summed E-state index contributed by atoms with van der Waals surface area (Å²) in [6.07, 6.45) is 2.54. The zero-order valence-electron chi connectivity index (χ0n) is 17.2.